The van der Waals surface area contributed by atoms with Crippen molar-refractivity contribution in [2.24, 2.45) is 5.41 Å². The smallest absolute Gasteiger partial charge is 0.231 e. The standard InChI is InChI=1S/C14H24N6/c1-14(2)6-9-20(10-14)13-17-11(15)16-12(18-13)19-7-4-3-5-8-19/h3-10H2,1-2H3,(H2,15,16,17,18). The van der Waals surface area contributed by atoms with Crippen LogP contribution in [0.4, 0.5) is 17.8 Å². The van der Waals surface area contributed by atoms with Gasteiger partial charge < -0.3 is 15.5 Å². The van der Waals surface area contributed by atoms with Gasteiger partial charge in [0.1, 0.15) is 0 Å². The maximum Gasteiger partial charge on any atom is 0.231 e. The average Bonchev–Trinajstić information content (AvgIpc) is 2.79. The van der Waals surface area contributed by atoms with Crippen LogP contribution in [0.15, 0.2) is 0 Å². The highest BCUT2D eigenvalue weighted by atomic mass is 15.4. The molecule has 2 fully saturated rings. The summed E-state index contributed by atoms with van der Waals surface area (Å²) in [4.78, 5) is 17.8. The molecule has 1 aromatic rings. The average molecular weight is 276 g/mol. The Morgan fingerprint density at radius 3 is 2.15 bits per heavy atom. The van der Waals surface area contributed by atoms with Gasteiger partial charge in [0.25, 0.3) is 0 Å². The van der Waals surface area contributed by atoms with Crippen LogP contribution >= 0.6 is 0 Å². The molecule has 0 bridgehead atoms. The molecule has 6 nitrogen and oxygen atoms in total. The van der Waals surface area contributed by atoms with Crippen molar-refractivity contribution in [3.63, 3.8) is 0 Å². The van der Waals surface area contributed by atoms with Crippen molar-refractivity contribution in [3.05, 3.63) is 0 Å². The third-order valence-electron chi connectivity index (χ3n) is 4.23. The number of aromatic nitrogens is 3. The number of nitrogens with two attached hydrogens (primary N) is 1. The zero-order valence-electron chi connectivity index (χ0n) is 12.5. The molecule has 0 radical (unpaired) electrons. The summed E-state index contributed by atoms with van der Waals surface area (Å²) < 4.78 is 0. The summed E-state index contributed by atoms with van der Waals surface area (Å²) in [6.07, 6.45) is 4.87. The van der Waals surface area contributed by atoms with E-state index in [2.05, 4.69) is 38.6 Å². The summed E-state index contributed by atoms with van der Waals surface area (Å²) in [5, 5.41) is 0. The minimum absolute atomic E-state index is 0.326. The fraction of sp³-hybridized carbons (Fsp3) is 0.786. The highest BCUT2D eigenvalue weighted by Gasteiger charge is 2.31. The second kappa shape index (κ2) is 5.07. The van der Waals surface area contributed by atoms with E-state index < -0.39 is 0 Å². The molecule has 3 heterocycles. The molecular weight excluding hydrogens is 252 g/mol. The predicted molar refractivity (Wildman–Crippen MR) is 80.9 cm³/mol. The quantitative estimate of drug-likeness (QED) is 0.886. The van der Waals surface area contributed by atoms with E-state index in [0.29, 0.717) is 11.4 Å². The topological polar surface area (TPSA) is 71.2 Å². The van der Waals surface area contributed by atoms with Crippen LogP contribution in [0.1, 0.15) is 39.5 Å². The second-order valence-corrected chi connectivity index (χ2v) is 6.68. The number of nitrogens with zero attached hydrogens (tertiary/aromatic N) is 5. The normalized spacial score (nSPS) is 22.3. The predicted octanol–water partition coefficient (Wildman–Crippen LogP) is 1.68. The van der Waals surface area contributed by atoms with Gasteiger partial charge in [0, 0.05) is 26.2 Å². The van der Waals surface area contributed by atoms with Crippen molar-refractivity contribution < 1.29 is 0 Å². The first-order chi connectivity index (χ1) is 9.53. The highest BCUT2D eigenvalue weighted by molar-refractivity contribution is 5.44. The van der Waals surface area contributed by atoms with Crippen LogP contribution in [0, 0.1) is 5.41 Å². The van der Waals surface area contributed by atoms with E-state index in [-0.39, 0.29) is 0 Å². The van der Waals surface area contributed by atoms with Crippen LogP contribution in [-0.2, 0) is 0 Å². The van der Waals surface area contributed by atoms with Gasteiger partial charge in [0.15, 0.2) is 0 Å². The lowest BCUT2D eigenvalue weighted by atomic mass is 9.93. The third kappa shape index (κ3) is 2.78. The van der Waals surface area contributed by atoms with Gasteiger partial charge in [0.05, 0.1) is 0 Å². The summed E-state index contributed by atoms with van der Waals surface area (Å²) in [5.74, 6) is 1.82. The molecule has 6 heteroatoms. The SMILES string of the molecule is CC1(C)CCN(c2nc(N)nc(N3CCCCC3)n2)C1. The lowest BCUT2D eigenvalue weighted by Gasteiger charge is -2.27. The third-order valence-corrected chi connectivity index (χ3v) is 4.23. The molecule has 0 aromatic carbocycles. The number of hydrogen-bond acceptors (Lipinski definition) is 6. The van der Waals surface area contributed by atoms with Gasteiger partial charge >= 0.3 is 0 Å². The minimum Gasteiger partial charge on any atom is -0.368 e. The first-order valence-electron chi connectivity index (χ1n) is 7.55. The Labute approximate surface area is 120 Å². The van der Waals surface area contributed by atoms with Gasteiger partial charge in [-0.25, -0.2) is 0 Å². The Bertz CT molecular complexity index is 481. The molecule has 2 aliphatic rings. The fourth-order valence-electron chi connectivity index (χ4n) is 3.03. The van der Waals surface area contributed by atoms with E-state index in [1.807, 2.05) is 0 Å². The Hall–Kier alpha value is -1.59. The van der Waals surface area contributed by atoms with E-state index in [9.17, 15) is 0 Å². The van der Waals surface area contributed by atoms with Crippen LogP contribution in [0.3, 0.4) is 0 Å². The van der Waals surface area contributed by atoms with Crippen molar-refractivity contribution >= 4 is 17.8 Å². The molecule has 0 saturated carbocycles. The Morgan fingerprint density at radius 1 is 0.900 bits per heavy atom. The van der Waals surface area contributed by atoms with E-state index in [1.54, 1.807) is 0 Å². The number of hydrogen-bond donors (Lipinski definition) is 1. The van der Waals surface area contributed by atoms with Crippen LogP contribution in [-0.4, -0.2) is 41.1 Å². The molecule has 110 valence electrons. The maximum absolute atomic E-state index is 5.89. The van der Waals surface area contributed by atoms with Gasteiger partial charge in [-0.3, -0.25) is 0 Å². The van der Waals surface area contributed by atoms with Crippen LogP contribution in [0.25, 0.3) is 0 Å². The lowest BCUT2D eigenvalue weighted by molar-refractivity contribution is 0.418. The summed E-state index contributed by atoms with van der Waals surface area (Å²) >= 11 is 0. The Morgan fingerprint density at radius 2 is 1.55 bits per heavy atom. The second-order valence-electron chi connectivity index (χ2n) is 6.68. The maximum atomic E-state index is 5.89. The molecule has 2 N–H and O–H groups in total. The molecule has 3 rings (SSSR count). The molecule has 0 atom stereocenters. The lowest BCUT2D eigenvalue weighted by Crippen LogP contribution is -2.32. The van der Waals surface area contributed by atoms with E-state index >= 15 is 0 Å². The number of anilines is 3. The fourth-order valence-corrected chi connectivity index (χ4v) is 3.03. The molecule has 0 aliphatic carbocycles. The first kappa shape index (κ1) is 13.4. The summed E-state index contributed by atoms with van der Waals surface area (Å²) in [7, 11) is 0. The molecule has 2 aliphatic heterocycles. The van der Waals surface area contributed by atoms with E-state index in [4.69, 9.17) is 5.73 Å². The van der Waals surface area contributed by atoms with Crippen LogP contribution < -0.4 is 15.5 Å². The Kier molecular flexibility index (Phi) is 3.40. The molecule has 1 aromatic heterocycles. The summed E-state index contributed by atoms with van der Waals surface area (Å²) in [6.45, 7) is 8.58. The zero-order chi connectivity index (χ0) is 14.2. The molecular formula is C14H24N6. The first-order valence-corrected chi connectivity index (χ1v) is 7.55. The van der Waals surface area contributed by atoms with Crippen molar-refractivity contribution in [3.8, 4) is 0 Å². The van der Waals surface area contributed by atoms with Gasteiger partial charge in [-0.15, -0.1) is 0 Å². The summed E-state index contributed by atoms with van der Waals surface area (Å²) in [5.41, 5.74) is 6.21. The largest absolute Gasteiger partial charge is 0.368 e. The van der Waals surface area contributed by atoms with Crippen molar-refractivity contribution in [2.75, 3.05) is 41.7 Å². The Balaban J connectivity index is 1.83. The molecule has 0 spiro atoms. The van der Waals surface area contributed by atoms with E-state index in [1.165, 1.54) is 19.3 Å². The number of rotatable bonds is 2. The molecule has 2 saturated heterocycles. The van der Waals surface area contributed by atoms with Crippen LogP contribution in [0.2, 0.25) is 0 Å². The van der Waals surface area contributed by atoms with Gasteiger partial charge in [0.2, 0.25) is 17.8 Å². The minimum atomic E-state index is 0.326. The monoisotopic (exact) mass is 276 g/mol. The highest BCUT2D eigenvalue weighted by Crippen LogP contribution is 2.31. The van der Waals surface area contributed by atoms with Crippen LogP contribution in [0.5, 0.6) is 0 Å². The molecule has 20 heavy (non-hydrogen) atoms. The van der Waals surface area contributed by atoms with E-state index in [0.717, 1.165) is 44.5 Å². The van der Waals surface area contributed by atoms with Crippen molar-refractivity contribution in [1.82, 2.24) is 15.0 Å². The molecule has 0 amide bonds. The summed E-state index contributed by atoms with van der Waals surface area (Å²) in [6, 6.07) is 0. The zero-order valence-corrected chi connectivity index (χ0v) is 12.5. The molecule has 0 unspecified atom stereocenters. The van der Waals surface area contributed by atoms with Crippen molar-refractivity contribution in [2.45, 2.75) is 39.5 Å². The van der Waals surface area contributed by atoms with Gasteiger partial charge in [-0.05, 0) is 31.1 Å². The van der Waals surface area contributed by atoms with Gasteiger partial charge in [-0.2, -0.15) is 15.0 Å². The van der Waals surface area contributed by atoms with Crippen molar-refractivity contribution in [1.29, 1.82) is 0 Å². The number of piperidine rings is 1. The van der Waals surface area contributed by atoms with Gasteiger partial charge in [-0.1, -0.05) is 13.8 Å². The number of nitrogen functional groups attached to an aromatic ring is 1.